The molecule has 0 N–H and O–H groups in total. The summed E-state index contributed by atoms with van der Waals surface area (Å²) in [6.07, 6.45) is 4.09. The zero-order chi connectivity index (χ0) is 22.9. The lowest BCUT2D eigenvalue weighted by molar-refractivity contribution is 0.0378. The Hall–Kier alpha value is -2.23. The summed E-state index contributed by atoms with van der Waals surface area (Å²) < 4.78 is 48.5. The van der Waals surface area contributed by atoms with E-state index >= 15 is 8.78 Å². The maximum atomic E-state index is 15.0. The highest BCUT2D eigenvalue weighted by Crippen LogP contribution is 2.38. The third-order valence-corrected chi connectivity index (χ3v) is 6.54. The second kappa shape index (κ2) is 9.33. The number of aliphatic imine (C=N–C) groups is 2. The van der Waals surface area contributed by atoms with E-state index in [4.69, 9.17) is 16.3 Å². The van der Waals surface area contributed by atoms with Gasteiger partial charge < -0.3 is 4.74 Å². The number of hydrogen-bond acceptors (Lipinski definition) is 6. The normalized spacial score (nSPS) is 22.8. The fourth-order valence-corrected chi connectivity index (χ4v) is 4.85. The number of dihydropyridines is 1. The maximum Gasteiger partial charge on any atom is 0.315 e. The Labute approximate surface area is 192 Å². The van der Waals surface area contributed by atoms with Crippen LogP contribution in [0.5, 0.6) is 0 Å². The number of rotatable bonds is 4. The van der Waals surface area contributed by atoms with Gasteiger partial charge in [0.15, 0.2) is 12.0 Å². The summed E-state index contributed by atoms with van der Waals surface area (Å²) >= 11 is 7.34. The molecule has 0 bridgehead atoms. The van der Waals surface area contributed by atoms with Gasteiger partial charge in [-0.05, 0) is 60.2 Å². The van der Waals surface area contributed by atoms with Crippen molar-refractivity contribution in [1.82, 2.24) is 9.97 Å². The second-order valence-electron chi connectivity index (χ2n) is 7.53. The summed E-state index contributed by atoms with van der Waals surface area (Å²) in [7, 11) is 1.61. The predicted octanol–water partition coefficient (Wildman–Crippen LogP) is 6.30. The van der Waals surface area contributed by atoms with Crippen LogP contribution in [0.25, 0.3) is 0 Å². The van der Waals surface area contributed by atoms with E-state index in [-0.39, 0.29) is 17.3 Å². The molecule has 0 aliphatic carbocycles. The molecule has 4 rings (SSSR count). The molecule has 0 saturated carbocycles. The predicted molar refractivity (Wildman–Crippen MR) is 120 cm³/mol. The van der Waals surface area contributed by atoms with E-state index in [0.29, 0.717) is 17.4 Å². The van der Waals surface area contributed by atoms with Crippen LogP contribution in [0.3, 0.4) is 0 Å². The molecule has 32 heavy (non-hydrogen) atoms. The molecule has 2 aliphatic heterocycles. The van der Waals surface area contributed by atoms with Crippen LogP contribution in [0.1, 0.15) is 37.4 Å². The minimum atomic E-state index is -3.49. The first kappa shape index (κ1) is 22.9. The van der Waals surface area contributed by atoms with Crippen molar-refractivity contribution in [1.29, 1.82) is 0 Å². The topological polar surface area (TPSA) is 59.7 Å². The quantitative estimate of drug-likeness (QED) is 0.481. The molecule has 2 atom stereocenters. The van der Waals surface area contributed by atoms with E-state index in [1.54, 1.807) is 7.11 Å². The molecule has 1 fully saturated rings. The zero-order valence-corrected chi connectivity index (χ0v) is 18.9. The van der Waals surface area contributed by atoms with Gasteiger partial charge in [0.05, 0.1) is 5.04 Å². The van der Waals surface area contributed by atoms with E-state index in [0.717, 1.165) is 53.8 Å². The first-order valence-electron chi connectivity index (χ1n) is 10.0. The lowest BCUT2D eigenvalue weighted by Gasteiger charge is -2.21. The number of nitrogens with zero attached hydrogens (tertiary/aromatic N) is 4. The minimum absolute atomic E-state index is 0.0315. The van der Waals surface area contributed by atoms with Crippen molar-refractivity contribution >= 4 is 39.3 Å². The van der Waals surface area contributed by atoms with E-state index in [2.05, 4.69) is 33.0 Å². The Morgan fingerprint density at radius 1 is 1.22 bits per heavy atom. The molecule has 2 aromatic rings. The standard InChI is InChI=1S/C22H20ClF3N4OS/c1-12-3-10-19(32-20-15(12)8-9-18(30-20)31-2)28-17-11-16(27-21(23)29-17)22(25,26)13-4-6-14(24)7-5-13/h4-8,11-12,18H,3,9-10H2,1-2H3. The average Bonchev–Trinajstić information content (AvgIpc) is 2.91. The highest BCUT2D eigenvalue weighted by molar-refractivity contribution is 8.27. The molecule has 1 aromatic carbocycles. The molecule has 0 amide bonds. The molecule has 5 nitrogen and oxygen atoms in total. The largest absolute Gasteiger partial charge is 0.359 e. The van der Waals surface area contributed by atoms with Crippen molar-refractivity contribution in [3.05, 3.63) is 64.3 Å². The van der Waals surface area contributed by atoms with Crippen molar-refractivity contribution in [2.45, 2.75) is 38.3 Å². The molecule has 1 saturated heterocycles. The van der Waals surface area contributed by atoms with Gasteiger partial charge in [0.25, 0.3) is 0 Å². The number of fused-ring (bicyclic) bond motifs is 1. The lowest BCUT2D eigenvalue weighted by Crippen LogP contribution is -2.18. The summed E-state index contributed by atoms with van der Waals surface area (Å²) in [4.78, 5) is 16.9. The van der Waals surface area contributed by atoms with E-state index in [1.165, 1.54) is 11.8 Å². The smallest absolute Gasteiger partial charge is 0.315 e. The summed E-state index contributed by atoms with van der Waals surface area (Å²) in [6.45, 7) is 2.13. The maximum absolute atomic E-state index is 15.0. The minimum Gasteiger partial charge on any atom is -0.359 e. The van der Waals surface area contributed by atoms with Gasteiger partial charge in [0.1, 0.15) is 16.6 Å². The number of benzene rings is 1. The Balaban J connectivity index is 1.67. The van der Waals surface area contributed by atoms with Gasteiger partial charge in [-0.15, -0.1) is 0 Å². The summed E-state index contributed by atoms with van der Waals surface area (Å²) in [5.74, 6) is -3.77. The molecule has 3 heterocycles. The number of halogens is 4. The second-order valence-corrected chi connectivity index (χ2v) is 8.93. The van der Waals surface area contributed by atoms with E-state index < -0.39 is 23.0 Å². The van der Waals surface area contributed by atoms with Crippen molar-refractivity contribution < 1.29 is 17.9 Å². The molecule has 0 spiro atoms. The first-order valence-corrected chi connectivity index (χ1v) is 11.2. The van der Waals surface area contributed by atoms with Crippen molar-refractivity contribution in [2.24, 2.45) is 15.9 Å². The molecule has 0 radical (unpaired) electrons. The summed E-state index contributed by atoms with van der Waals surface area (Å²) in [5.41, 5.74) is 0.144. The third kappa shape index (κ3) is 4.89. The number of aromatic nitrogens is 2. The fourth-order valence-electron chi connectivity index (χ4n) is 3.51. The number of methoxy groups -OCH3 is 1. The average molecular weight is 481 g/mol. The van der Waals surface area contributed by atoms with Crippen LogP contribution in [-0.4, -0.2) is 33.4 Å². The van der Waals surface area contributed by atoms with Gasteiger partial charge in [-0.25, -0.2) is 19.4 Å². The first-order chi connectivity index (χ1) is 15.3. The number of ether oxygens (including phenoxy) is 1. The summed E-state index contributed by atoms with van der Waals surface area (Å²) in [5, 5.41) is 1.18. The van der Waals surface area contributed by atoms with Crippen LogP contribution in [-0.2, 0) is 10.7 Å². The highest BCUT2D eigenvalue weighted by Gasteiger charge is 2.37. The van der Waals surface area contributed by atoms with Crippen LogP contribution < -0.4 is 0 Å². The molecule has 1 aromatic heterocycles. The monoisotopic (exact) mass is 480 g/mol. The molecule has 2 aliphatic rings. The van der Waals surface area contributed by atoms with Crippen LogP contribution >= 0.6 is 23.4 Å². The van der Waals surface area contributed by atoms with Crippen LogP contribution in [0, 0.1) is 11.7 Å². The zero-order valence-electron chi connectivity index (χ0n) is 17.4. The van der Waals surface area contributed by atoms with Crippen molar-refractivity contribution in [3.63, 3.8) is 0 Å². The van der Waals surface area contributed by atoms with Crippen molar-refractivity contribution in [2.75, 3.05) is 7.11 Å². The number of hydrogen-bond donors (Lipinski definition) is 0. The van der Waals surface area contributed by atoms with Crippen LogP contribution in [0.4, 0.5) is 19.0 Å². The van der Waals surface area contributed by atoms with Gasteiger partial charge >= 0.3 is 5.92 Å². The van der Waals surface area contributed by atoms with Gasteiger partial charge in [0, 0.05) is 25.2 Å². The van der Waals surface area contributed by atoms with E-state index in [9.17, 15) is 4.39 Å². The Kier molecular flexibility index (Phi) is 6.69. The molecular formula is C22H20ClF3N4OS. The third-order valence-electron chi connectivity index (χ3n) is 5.31. The lowest BCUT2D eigenvalue weighted by atomic mass is 9.95. The van der Waals surface area contributed by atoms with Gasteiger partial charge in [-0.3, -0.25) is 0 Å². The fraction of sp³-hybridized carbons (Fsp3) is 0.364. The summed E-state index contributed by atoms with van der Waals surface area (Å²) in [6, 6.07) is 5.08. The molecule has 168 valence electrons. The SMILES string of the molecule is COC1CC=C2C(=N1)SC(=Nc1cc(C(F)(F)c3ccc(F)cc3)nc(Cl)n1)CCC2C. The Bertz CT molecular complexity index is 1100. The molecule has 2 unspecified atom stereocenters. The van der Waals surface area contributed by atoms with E-state index in [1.807, 2.05) is 0 Å². The van der Waals surface area contributed by atoms with Crippen molar-refractivity contribution in [3.8, 4) is 0 Å². The van der Waals surface area contributed by atoms with Gasteiger partial charge in [-0.1, -0.05) is 24.8 Å². The number of alkyl halides is 2. The number of thioether (sulfide) groups is 1. The molecule has 10 heteroatoms. The van der Waals surface area contributed by atoms with Crippen LogP contribution in [0.15, 0.2) is 52.0 Å². The Morgan fingerprint density at radius 2 is 1.97 bits per heavy atom. The van der Waals surface area contributed by atoms with Gasteiger partial charge in [0.2, 0.25) is 5.28 Å². The highest BCUT2D eigenvalue weighted by atomic mass is 35.5. The van der Waals surface area contributed by atoms with Gasteiger partial charge in [-0.2, -0.15) is 13.8 Å². The Morgan fingerprint density at radius 3 is 2.69 bits per heavy atom. The van der Waals surface area contributed by atoms with Crippen LogP contribution in [0.2, 0.25) is 5.28 Å². The molecular weight excluding hydrogens is 461 g/mol.